The predicted octanol–water partition coefficient (Wildman–Crippen LogP) is -0.0278. The molecule has 1 rings (SSSR count). The number of rotatable bonds is 6. The van der Waals surface area contributed by atoms with Crippen molar-refractivity contribution in [2.45, 2.75) is 19.5 Å². The molecule has 100 valence electrons. The second kappa shape index (κ2) is 6.85. The molecule has 0 aliphatic rings. The van der Waals surface area contributed by atoms with Crippen LogP contribution in [0.4, 0.5) is 4.39 Å². The first kappa shape index (κ1) is 15.1. The van der Waals surface area contributed by atoms with E-state index in [1.54, 1.807) is 13.2 Å². The predicted molar refractivity (Wildman–Crippen MR) is 69.0 cm³/mol. The molecule has 0 aromatic heterocycles. The van der Waals surface area contributed by atoms with Gasteiger partial charge in [0.05, 0.1) is 6.61 Å². The van der Waals surface area contributed by atoms with Crippen LogP contribution in [-0.4, -0.2) is 48.9 Å². The third-order valence-corrected chi connectivity index (χ3v) is 2.96. The Hall–Kier alpha value is -0.945. The maximum absolute atomic E-state index is 13.7. The molecule has 0 fully saturated rings. The molecule has 0 aliphatic heterocycles. The second-order valence-corrected chi connectivity index (χ2v) is 4.44. The summed E-state index contributed by atoms with van der Waals surface area (Å²) in [5.74, 6) is -0.433. The second-order valence-electron chi connectivity index (χ2n) is 4.44. The van der Waals surface area contributed by atoms with Crippen LogP contribution in [0.2, 0.25) is 0 Å². The van der Waals surface area contributed by atoms with Gasteiger partial charge in [0.25, 0.3) is 0 Å². The van der Waals surface area contributed by atoms with Crippen molar-refractivity contribution < 1.29 is 19.2 Å². The average Bonchev–Trinajstić information content (AvgIpc) is 2.31. The van der Waals surface area contributed by atoms with Gasteiger partial charge >= 0.3 is 7.12 Å². The summed E-state index contributed by atoms with van der Waals surface area (Å²) < 4.78 is 18.8. The number of nitrogens with zero attached hydrogens (tertiary/aromatic N) is 1. The van der Waals surface area contributed by atoms with Crippen molar-refractivity contribution in [3.8, 4) is 0 Å². The van der Waals surface area contributed by atoms with Gasteiger partial charge in [-0.2, -0.15) is 0 Å². The van der Waals surface area contributed by atoms with Gasteiger partial charge in [-0.25, -0.2) is 4.39 Å². The number of methoxy groups -OCH3 is 1. The minimum Gasteiger partial charge on any atom is -0.423 e. The Labute approximate surface area is 107 Å². The molecule has 1 atom stereocenters. The van der Waals surface area contributed by atoms with Crippen molar-refractivity contribution in [3.63, 3.8) is 0 Å². The van der Waals surface area contributed by atoms with E-state index in [4.69, 9.17) is 14.8 Å². The smallest absolute Gasteiger partial charge is 0.423 e. The standard InChI is InChI=1S/C12H19BFNO3/c1-9(8-18-3)15(2)7-10-4-5-11(13(16)17)6-12(10)14/h4-6,9,16-17H,7-8H2,1-3H3. The van der Waals surface area contributed by atoms with E-state index in [1.165, 1.54) is 6.07 Å². The maximum Gasteiger partial charge on any atom is 0.488 e. The molecule has 1 unspecified atom stereocenters. The molecule has 1 aromatic carbocycles. The SMILES string of the molecule is COCC(C)N(C)Cc1ccc(B(O)O)cc1F. The Morgan fingerprint density at radius 2 is 2.11 bits per heavy atom. The fourth-order valence-corrected chi connectivity index (χ4v) is 1.65. The maximum atomic E-state index is 13.7. The van der Waals surface area contributed by atoms with Gasteiger partial charge in [-0.05, 0) is 25.5 Å². The van der Waals surface area contributed by atoms with E-state index < -0.39 is 12.9 Å². The van der Waals surface area contributed by atoms with Gasteiger partial charge in [0.2, 0.25) is 0 Å². The van der Waals surface area contributed by atoms with Crippen molar-refractivity contribution >= 4 is 12.6 Å². The van der Waals surface area contributed by atoms with E-state index in [9.17, 15) is 4.39 Å². The number of ether oxygens (including phenoxy) is 1. The largest absolute Gasteiger partial charge is 0.488 e. The Morgan fingerprint density at radius 3 is 2.61 bits per heavy atom. The van der Waals surface area contributed by atoms with Gasteiger partial charge in [-0.1, -0.05) is 12.1 Å². The van der Waals surface area contributed by atoms with E-state index in [-0.39, 0.29) is 11.5 Å². The summed E-state index contributed by atoms with van der Waals surface area (Å²) >= 11 is 0. The Bertz CT molecular complexity index is 390. The summed E-state index contributed by atoms with van der Waals surface area (Å²) in [6.45, 7) is 3.01. The highest BCUT2D eigenvalue weighted by Gasteiger charge is 2.15. The molecule has 0 saturated carbocycles. The van der Waals surface area contributed by atoms with Gasteiger partial charge in [0, 0.05) is 25.3 Å². The normalized spacial score (nSPS) is 12.8. The highest BCUT2D eigenvalue weighted by Crippen LogP contribution is 2.10. The van der Waals surface area contributed by atoms with Gasteiger partial charge in [0.15, 0.2) is 0 Å². The van der Waals surface area contributed by atoms with Crippen LogP contribution in [0.3, 0.4) is 0 Å². The third kappa shape index (κ3) is 4.06. The highest BCUT2D eigenvalue weighted by molar-refractivity contribution is 6.58. The molecular formula is C12H19BFNO3. The lowest BCUT2D eigenvalue weighted by Gasteiger charge is -2.24. The van der Waals surface area contributed by atoms with Crippen LogP contribution in [0.15, 0.2) is 18.2 Å². The number of halogens is 1. The minimum atomic E-state index is -1.64. The zero-order chi connectivity index (χ0) is 13.7. The summed E-state index contributed by atoms with van der Waals surface area (Å²) in [4.78, 5) is 1.97. The molecular weight excluding hydrogens is 236 g/mol. The van der Waals surface area contributed by atoms with Crippen LogP contribution < -0.4 is 5.46 Å². The molecule has 0 saturated heterocycles. The lowest BCUT2D eigenvalue weighted by atomic mass is 9.80. The zero-order valence-electron chi connectivity index (χ0n) is 10.9. The van der Waals surface area contributed by atoms with Crippen molar-refractivity contribution in [2.75, 3.05) is 20.8 Å². The Kier molecular flexibility index (Phi) is 5.75. The first-order valence-electron chi connectivity index (χ1n) is 5.79. The lowest BCUT2D eigenvalue weighted by molar-refractivity contribution is 0.111. The molecule has 0 aliphatic carbocycles. The van der Waals surface area contributed by atoms with Crippen molar-refractivity contribution in [2.24, 2.45) is 0 Å². The molecule has 6 heteroatoms. The van der Waals surface area contributed by atoms with Gasteiger partial charge in [-0.3, -0.25) is 4.90 Å². The quantitative estimate of drug-likeness (QED) is 0.701. The number of hydrogen-bond donors (Lipinski definition) is 2. The average molecular weight is 255 g/mol. The van der Waals surface area contributed by atoms with Crippen LogP contribution in [-0.2, 0) is 11.3 Å². The fraction of sp³-hybridized carbons (Fsp3) is 0.500. The van der Waals surface area contributed by atoms with Gasteiger partial charge in [-0.15, -0.1) is 0 Å². The monoisotopic (exact) mass is 255 g/mol. The minimum absolute atomic E-state index is 0.156. The first-order valence-corrected chi connectivity index (χ1v) is 5.79. The summed E-state index contributed by atoms with van der Waals surface area (Å²) in [5, 5.41) is 17.9. The van der Waals surface area contributed by atoms with Crippen LogP contribution in [0.25, 0.3) is 0 Å². The lowest BCUT2D eigenvalue weighted by Crippen LogP contribution is -2.33. The molecule has 0 spiro atoms. The van der Waals surface area contributed by atoms with E-state index in [0.29, 0.717) is 18.7 Å². The summed E-state index contributed by atoms with van der Waals surface area (Å²) in [5.41, 5.74) is 0.675. The van der Waals surface area contributed by atoms with E-state index >= 15 is 0 Å². The summed E-state index contributed by atoms with van der Waals surface area (Å²) in [6, 6.07) is 4.41. The van der Waals surface area contributed by atoms with Gasteiger partial charge < -0.3 is 14.8 Å². The van der Waals surface area contributed by atoms with Crippen molar-refractivity contribution in [1.82, 2.24) is 4.90 Å². The van der Waals surface area contributed by atoms with Crippen LogP contribution in [0.5, 0.6) is 0 Å². The molecule has 2 N–H and O–H groups in total. The van der Waals surface area contributed by atoms with Crippen molar-refractivity contribution in [1.29, 1.82) is 0 Å². The highest BCUT2D eigenvalue weighted by atomic mass is 19.1. The zero-order valence-corrected chi connectivity index (χ0v) is 10.9. The van der Waals surface area contributed by atoms with E-state index in [0.717, 1.165) is 6.07 Å². The molecule has 1 aromatic rings. The number of benzene rings is 1. The number of likely N-dealkylation sites (N-methyl/N-ethyl adjacent to an activating group) is 1. The first-order chi connectivity index (χ1) is 8.45. The fourth-order valence-electron chi connectivity index (χ4n) is 1.65. The van der Waals surface area contributed by atoms with Crippen LogP contribution in [0.1, 0.15) is 12.5 Å². The molecule has 0 bridgehead atoms. The van der Waals surface area contributed by atoms with Crippen molar-refractivity contribution in [3.05, 3.63) is 29.6 Å². The molecule has 18 heavy (non-hydrogen) atoms. The summed E-state index contributed by atoms with van der Waals surface area (Å²) in [6.07, 6.45) is 0. The number of hydrogen-bond acceptors (Lipinski definition) is 4. The Balaban J connectivity index is 2.73. The third-order valence-electron chi connectivity index (χ3n) is 2.96. The molecule has 4 nitrogen and oxygen atoms in total. The van der Waals surface area contributed by atoms with E-state index in [2.05, 4.69) is 0 Å². The summed E-state index contributed by atoms with van der Waals surface area (Å²) in [7, 11) is 1.87. The van der Waals surface area contributed by atoms with Crippen LogP contribution in [0, 0.1) is 5.82 Å². The molecule has 0 amide bonds. The van der Waals surface area contributed by atoms with Crippen LogP contribution >= 0.6 is 0 Å². The topological polar surface area (TPSA) is 52.9 Å². The van der Waals surface area contributed by atoms with Gasteiger partial charge in [0.1, 0.15) is 5.82 Å². The van der Waals surface area contributed by atoms with E-state index in [1.807, 2.05) is 18.9 Å². The molecule has 0 radical (unpaired) electrons. The molecule has 0 heterocycles. The Morgan fingerprint density at radius 1 is 1.44 bits per heavy atom.